The molecule has 0 saturated heterocycles. The monoisotopic (exact) mass is 178 g/mol. The first kappa shape index (κ1) is 10.8. The molecule has 0 rings (SSSR count). The van der Waals surface area contributed by atoms with E-state index in [0.717, 1.165) is 19.3 Å². The van der Waals surface area contributed by atoms with Gasteiger partial charge in [0.1, 0.15) is 5.60 Å². The smallest absolute Gasteiger partial charge is 0.404 e. The van der Waals surface area contributed by atoms with Gasteiger partial charge in [-0.3, -0.25) is 0 Å². The summed E-state index contributed by atoms with van der Waals surface area (Å²) in [5.41, 5.74) is -1.03. The van der Waals surface area contributed by atoms with E-state index in [1.807, 2.05) is 20.8 Å². The molecule has 0 aromatic rings. The second-order valence-corrected chi connectivity index (χ2v) is 2.89. The summed E-state index contributed by atoms with van der Waals surface area (Å²) in [6.45, 7) is 5.98. The minimum atomic E-state index is -0.699. The van der Waals surface area contributed by atoms with Gasteiger partial charge in [0.05, 0.1) is 0 Å². The van der Waals surface area contributed by atoms with E-state index in [0.29, 0.717) is 0 Å². The largest absolute Gasteiger partial charge is 0.447 e. The maximum atomic E-state index is 10.5. The van der Waals surface area contributed by atoms with Gasteiger partial charge in [-0.25, -0.2) is 4.79 Å². The van der Waals surface area contributed by atoms with Crippen LogP contribution in [-0.4, -0.2) is 11.0 Å². The van der Waals surface area contributed by atoms with Crippen LogP contribution in [0.5, 0.6) is 0 Å². The van der Waals surface area contributed by atoms with E-state index in [4.69, 9.17) is 16.3 Å². The summed E-state index contributed by atoms with van der Waals surface area (Å²) in [7, 11) is 0. The van der Waals surface area contributed by atoms with Gasteiger partial charge in [-0.1, -0.05) is 20.8 Å². The van der Waals surface area contributed by atoms with Crippen molar-refractivity contribution in [3.8, 4) is 0 Å². The molecule has 2 nitrogen and oxygen atoms in total. The summed E-state index contributed by atoms with van der Waals surface area (Å²) >= 11 is 5.14. The van der Waals surface area contributed by atoms with Crippen LogP contribution >= 0.6 is 11.6 Å². The maximum absolute atomic E-state index is 10.5. The minimum absolute atomic E-state index is 0.334. The van der Waals surface area contributed by atoms with Crippen LogP contribution < -0.4 is 0 Å². The predicted molar refractivity (Wildman–Crippen MR) is 45.9 cm³/mol. The molecule has 0 saturated carbocycles. The Morgan fingerprint density at radius 1 is 1.27 bits per heavy atom. The standard InChI is InChI=1S/C8H15ClO2/c1-4-8(5-2,6-3)11-7(9)10/h4-6H2,1-3H3. The normalized spacial score (nSPS) is 11.3. The summed E-state index contributed by atoms with van der Waals surface area (Å²) in [5.74, 6) is 0. The highest BCUT2D eigenvalue weighted by Crippen LogP contribution is 2.25. The van der Waals surface area contributed by atoms with Gasteiger partial charge >= 0.3 is 5.43 Å². The van der Waals surface area contributed by atoms with Gasteiger partial charge in [-0.15, -0.1) is 0 Å². The van der Waals surface area contributed by atoms with Gasteiger partial charge in [0, 0.05) is 11.6 Å². The number of hydrogen-bond donors (Lipinski definition) is 0. The van der Waals surface area contributed by atoms with Crippen LogP contribution in [0.2, 0.25) is 0 Å². The molecule has 0 aliphatic heterocycles. The summed E-state index contributed by atoms with van der Waals surface area (Å²) in [6, 6.07) is 0. The van der Waals surface area contributed by atoms with Crippen molar-refractivity contribution in [1.29, 1.82) is 0 Å². The quantitative estimate of drug-likeness (QED) is 0.618. The molecule has 11 heavy (non-hydrogen) atoms. The number of ether oxygens (including phenoxy) is 1. The van der Waals surface area contributed by atoms with Crippen molar-refractivity contribution < 1.29 is 9.53 Å². The number of rotatable bonds is 4. The van der Waals surface area contributed by atoms with Crippen molar-refractivity contribution in [1.82, 2.24) is 0 Å². The van der Waals surface area contributed by atoms with E-state index < -0.39 is 5.43 Å². The second-order valence-electron chi connectivity index (χ2n) is 2.58. The Bertz CT molecular complexity index is 122. The fourth-order valence-electron chi connectivity index (χ4n) is 1.14. The van der Waals surface area contributed by atoms with E-state index in [-0.39, 0.29) is 5.60 Å². The van der Waals surface area contributed by atoms with Crippen LogP contribution in [-0.2, 0) is 4.74 Å². The Morgan fingerprint density at radius 3 is 1.73 bits per heavy atom. The highest BCUT2D eigenvalue weighted by molar-refractivity contribution is 6.61. The van der Waals surface area contributed by atoms with Gasteiger partial charge in [-0.2, -0.15) is 0 Å². The zero-order chi connectivity index (χ0) is 8.91. The highest BCUT2D eigenvalue weighted by Gasteiger charge is 2.27. The van der Waals surface area contributed by atoms with Crippen LogP contribution in [0, 0.1) is 0 Å². The molecule has 0 radical (unpaired) electrons. The zero-order valence-corrected chi connectivity index (χ0v) is 8.07. The Kier molecular flexibility index (Phi) is 4.50. The third kappa shape index (κ3) is 3.10. The van der Waals surface area contributed by atoms with Gasteiger partial charge in [0.2, 0.25) is 0 Å². The maximum Gasteiger partial charge on any atom is 0.404 e. The average molecular weight is 179 g/mol. The molecule has 0 amide bonds. The van der Waals surface area contributed by atoms with E-state index in [9.17, 15) is 4.79 Å². The summed E-state index contributed by atoms with van der Waals surface area (Å²) in [4.78, 5) is 10.5. The summed E-state index contributed by atoms with van der Waals surface area (Å²) in [6.07, 6.45) is 2.45. The van der Waals surface area contributed by atoms with Crippen LogP contribution in [0.4, 0.5) is 4.79 Å². The highest BCUT2D eigenvalue weighted by atomic mass is 35.5. The Balaban J connectivity index is 4.16. The first-order valence-corrected chi connectivity index (χ1v) is 4.36. The van der Waals surface area contributed by atoms with Gasteiger partial charge in [-0.05, 0) is 19.3 Å². The molecular weight excluding hydrogens is 164 g/mol. The van der Waals surface area contributed by atoms with Gasteiger partial charge in [0.15, 0.2) is 0 Å². The predicted octanol–water partition coefficient (Wildman–Crippen LogP) is 3.33. The molecule has 0 aliphatic carbocycles. The lowest BCUT2D eigenvalue weighted by Crippen LogP contribution is -2.31. The van der Waals surface area contributed by atoms with E-state index in [1.165, 1.54) is 0 Å². The molecule has 0 heterocycles. The fourth-order valence-corrected chi connectivity index (χ4v) is 1.30. The topological polar surface area (TPSA) is 26.3 Å². The molecule has 0 bridgehead atoms. The molecule has 0 N–H and O–H groups in total. The Morgan fingerprint density at radius 2 is 1.64 bits per heavy atom. The van der Waals surface area contributed by atoms with Crippen molar-refractivity contribution in [2.75, 3.05) is 0 Å². The van der Waals surface area contributed by atoms with Gasteiger partial charge < -0.3 is 4.74 Å². The lowest BCUT2D eigenvalue weighted by atomic mass is 9.94. The van der Waals surface area contributed by atoms with Crippen molar-refractivity contribution in [2.24, 2.45) is 0 Å². The minimum Gasteiger partial charge on any atom is -0.447 e. The third-order valence-corrected chi connectivity index (χ3v) is 2.31. The molecule has 0 fully saturated rings. The molecule has 0 aromatic heterocycles. The van der Waals surface area contributed by atoms with E-state index in [1.54, 1.807) is 0 Å². The molecule has 66 valence electrons. The molecule has 0 spiro atoms. The van der Waals surface area contributed by atoms with Gasteiger partial charge in [0.25, 0.3) is 0 Å². The van der Waals surface area contributed by atoms with Crippen molar-refractivity contribution >= 4 is 17.0 Å². The first-order valence-electron chi connectivity index (χ1n) is 3.98. The molecule has 0 unspecified atom stereocenters. The lowest BCUT2D eigenvalue weighted by molar-refractivity contribution is 0.0166. The number of carbonyl (C=O) groups is 1. The Hall–Kier alpha value is -0.240. The fraction of sp³-hybridized carbons (Fsp3) is 0.875. The van der Waals surface area contributed by atoms with Crippen molar-refractivity contribution in [3.63, 3.8) is 0 Å². The van der Waals surface area contributed by atoms with Crippen LogP contribution in [0.25, 0.3) is 0 Å². The zero-order valence-electron chi connectivity index (χ0n) is 7.32. The molecule has 0 atom stereocenters. The van der Waals surface area contributed by atoms with Crippen molar-refractivity contribution in [2.45, 2.75) is 45.6 Å². The average Bonchev–Trinajstić information content (AvgIpc) is 2.00. The van der Waals surface area contributed by atoms with Crippen LogP contribution in [0.1, 0.15) is 40.0 Å². The lowest BCUT2D eigenvalue weighted by Gasteiger charge is -2.28. The molecular formula is C8H15ClO2. The Labute approximate surface area is 72.9 Å². The molecule has 0 aromatic carbocycles. The van der Waals surface area contributed by atoms with Crippen LogP contribution in [0.3, 0.4) is 0 Å². The summed E-state index contributed by atoms with van der Waals surface area (Å²) < 4.78 is 5.01. The summed E-state index contributed by atoms with van der Waals surface area (Å²) in [5, 5.41) is 0. The molecule has 3 heteroatoms. The number of halogens is 1. The van der Waals surface area contributed by atoms with E-state index >= 15 is 0 Å². The first-order chi connectivity index (χ1) is 5.10. The third-order valence-electron chi connectivity index (χ3n) is 2.23. The van der Waals surface area contributed by atoms with Crippen molar-refractivity contribution in [3.05, 3.63) is 0 Å². The van der Waals surface area contributed by atoms with E-state index in [2.05, 4.69) is 0 Å². The second kappa shape index (κ2) is 4.60. The number of hydrogen-bond acceptors (Lipinski definition) is 2. The molecule has 0 aliphatic rings. The van der Waals surface area contributed by atoms with Crippen LogP contribution in [0.15, 0.2) is 0 Å². The SMILES string of the molecule is CCC(CC)(CC)OC(=O)Cl. The number of carbonyl (C=O) groups excluding carboxylic acids is 1.